The van der Waals surface area contributed by atoms with Crippen molar-refractivity contribution in [2.75, 3.05) is 14.1 Å². The van der Waals surface area contributed by atoms with Crippen LogP contribution >= 0.6 is 0 Å². The van der Waals surface area contributed by atoms with Gasteiger partial charge in [-0.15, -0.1) is 0 Å². The highest BCUT2D eigenvalue weighted by molar-refractivity contribution is 6.84. The minimum Gasteiger partial charge on any atom is -0.512 e. The number of hydrogen-bond donors (Lipinski definition) is 1. The molecule has 0 aliphatic carbocycles. The molecule has 0 heterocycles. The van der Waals surface area contributed by atoms with Gasteiger partial charge in [0.1, 0.15) is 5.76 Å². The number of nitrogens with zero attached hydrogens (tertiary/aromatic N) is 3. The van der Waals surface area contributed by atoms with E-state index in [-0.39, 0.29) is 29.8 Å². The maximum Gasteiger partial charge on any atom is 0.347 e. The number of allylic oxidation sites excluding steroid dienone is 1. The van der Waals surface area contributed by atoms with Crippen molar-refractivity contribution in [3.8, 4) is 0 Å². The molecule has 0 saturated heterocycles. The predicted octanol–water partition coefficient (Wildman–Crippen LogP) is 2.20. The van der Waals surface area contributed by atoms with Gasteiger partial charge in [-0.1, -0.05) is 60.7 Å². The van der Waals surface area contributed by atoms with Crippen LogP contribution in [0.3, 0.4) is 0 Å². The van der Waals surface area contributed by atoms with Crippen LogP contribution in [-0.2, 0) is 4.79 Å². The van der Waals surface area contributed by atoms with Gasteiger partial charge < -0.3 is 14.9 Å². The summed E-state index contributed by atoms with van der Waals surface area (Å²) in [6.07, 6.45) is 1.57. The lowest BCUT2D eigenvalue weighted by Gasteiger charge is -2.13. The average Bonchev–Trinajstić information content (AvgIpc) is 2.64. The maximum absolute atomic E-state index is 12.1. The van der Waals surface area contributed by atoms with Crippen LogP contribution in [0.5, 0.6) is 0 Å². The Morgan fingerprint density at radius 2 is 1.44 bits per heavy atom. The number of amidine groups is 1. The van der Waals surface area contributed by atoms with E-state index in [1.54, 1.807) is 11.2 Å². The fourth-order valence-corrected chi connectivity index (χ4v) is 2.64. The highest BCUT2D eigenvalue weighted by atomic mass is 16.3. The SMILES string of the molecule is CC(=O)C(/C(N=CN(C)C)=N/B(c1ccccc1)c1ccccc1)=C(\C)O. The molecule has 0 radical (unpaired) electrons. The van der Waals surface area contributed by atoms with E-state index in [0.29, 0.717) is 0 Å². The summed E-state index contributed by atoms with van der Waals surface area (Å²) in [5.74, 6) is -0.185. The van der Waals surface area contributed by atoms with E-state index in [0.717, 1.165) is 10.9 Å². The Bertz CT molecular complexity index is 816. The summed E-state index contributed by atoms with van der Waals surface area (Å²) >= 11 is 0. The number of aliphatic hydroxyl groups excluding tert-OH is 1. The number of Topliss-reactive ketones (excluding diaryl/α,β-unsaturated/α-hetero) is 1. The molecule has 0 atom stereocenters. The van der Waals surface area contributed by atoms with Gasteiger partial charge in [-0.25, -0.2) is 4.99 Å². The number of aliphatic hydroxyl groups is 1. The van der Waals surface area contributed by atoms with Crippen molar-refractivity contribution in [2.24, 2.45) is 9.90 Å². The molecule has 6 heteroatoms. The molecule has 138 valence electrons. The normalized spacial score (nSPS) is 12.7. The molecular formula is C21H24BN3O2. The second-order valence-corrected chi connectivity index (χ2v) is 6.40. The van der Waals surface area contributed by atoms with Gasteiger partial charge in [0.15, 0.2) is 11.6 Å². The first-order chi connectivity index (χ1) is 12.9. The molecule has 0 fully saturated rings. The van der Waals surface area contributed by atoms with Crippen LogP contribution in [0.15, 0.2) is 81.9 Å². The van der Waals surface area contributed by atoms with Crippen molar-refractivity contribution in [1.82, 2.24) is 4.90 Å². The number of hydrogen-bond acceptors (Lipinski definition) is 3. The quantitative estimate of drug-likeness (QED) is 0.282. The lowest BCUT2D eigenvalue weighted by atomic mass is 9.51. The topological polar surface area (TPSA) is 65.3 Å². The average molecular weight is 361 g/mol. The highest BCUT2D eigenvalue weighted by Gasteiger charge is 2.23. The summed E-state index contributed by atoms with van der Waals surface area (Å²) in [5.41, 5.74) is 2.06. The van der Waals surface area contributed by atoms with Gasteiger partial charge >= 0.3 is 6.85 Å². The van der Waals surface area contributed by atoms with Gasteiger partial charge in [-0.3, -0.25) is 4.79 Å². The second kappa shape index (κ2) is 9.52. The number of carbonyl (C=O) groups excluding carboxylic acids is 1. The Hall–Kier alpha value is -3.15. The number of benzene rings is 2. The lowest BCUT2D eigenvalue weighted by Crippen LogP contribution is -2.41. The van der Waals surface area contributed by atoms with E-state index in [1.165, 1.54) is 13.8 Å². The first kappa shape index (κ1) is 20.2. The van der Waals surface area contributed by atoms with Gasteiger partial charge in [0.2, 0.25) is 0 Å². The minimum atomic E-state index is -0.351. The van der Waals surface area contributed by atoms with Crippen molar-refractivity contribution < 1.29 is 9.90 Å². The maximum atomic E-state index is 12.1. The Morgan fingerprint density at radius 1 is 0.963 bits per heavy atom. The lowest BCUT2D eigenvalue weighted by molar-refractivity contribution is -0.113. The molecule has 0 aromatic heterocycles. The number of aliphatic imine (C=N–C) groups is 1. The van der Waals surface area contributed by atoms with E-state index in [4.69, 9.17) is 4.90 Å². The molecule has 0 aliphatic heterocycles. The summed E-state index contributed by atoms with van der Waals surface area (Å²) in [4.78, 5) is 23.0. The largest absolute Gasteiger partial charge is 0.512 e. The summed E-state index contributed by atoms with van der Waals surface area (Å²) < 4.78 is 0. The minimum absolute atomic E-state index is 0.1000. The van der Waals surface area contributed by atoms with Crippen LogP contribution in [-0.4, -0.2) is 48.9 Å². The van der Waals surface area contributed by atoms with Crippen LogP contribution in [0.2, 0.25) is 0 Å². The Balaban J connectivity index is 2.67. The zero-order chi connectivity index (χ0) is 19.8. The molecule has 2 rings (SSSR count). The molecule has 0 spiro atoms. The monoisotopic (exact) mass is 361 g/mol. The standard InChI is InChI=1S/C21H24BN3O2/c1-16(26)20(17(2)27)21(23-15-25(3)4)24-22(18-11-7-5-8-12-18)19-13-9-6-10-14-19/h5-15,26H,1-4H3/b20-16-,23-15?,24-21-. The van der Waals surface area contributed by atoms with Crippen LogP contribution in [0.25, 0.3) is 0 Å². The number of ketones is 1. The van der Waals surface area contributed by atoms with E-state index in [1.807, 2.05) is 74.8 Å². The van der Waals surface area contributed by atoms with Crippen molar-refractivity contribution in [2.45, 2.75) is 13.8 Å². The third-order valence-corrected chi connectivity index (χ3v) is 3.83. The molecule has 0 saturated carbocycles. The first-order valence-electron chi connectivity index (χ1n) is 8.69. The molecule has 0 bridgehead atoms. The van der Waals surface area contributed by atoms with Crippen molar-refractivity contribution in [3.63, 3.8) is 0 Å². The molecule has 0 amide bonds. The van der Waals surface area contributed by atoms with E-state index < -0.39 is 0 Å². The van der Waals surface area contributed by atoms with Gasteiger partial charge in [-0.05, 0) is 24.8 Å². The third kappa shape index (κ3) is 5.67. The van der Waals surface area contributed by atoms with Gasteiger partial charge in [-0.2, -0.15) is 0 Å². The molecule has 2 aromatic carbocycles. The van der Waals surface area contributed by atoms with Crippen LogP contribution < -0.4 is 10.9 Å². The smallest absolute Gasteiger partial charge is 0.347 e. The highest BCUT2D eigenvalue weighted by Crippen LogP contribution is 2.09. The summed E-state index contributed by atoms with van der Waals surface area (Å²) in [5, 5.41) is 10.1. The molecule has 0 aliphatic rings. The van der Waals surface area contributed by atoms with Gasteiger partial charge in [0.25, 0.3) is 0 Å². The molecular weight excluding hydrogens is 337 g/mol. The van der Waals surface area contributed by atoms with Crippen molar-refractivity contribution in [3.05, 3.63) is 72.0 Å². The fraction of sp³-hybridized carbons (Fsp3) is 0.190. The van der Waals surface area contributed by atoms with Crippen LogP contribution in [0.4, 0.5) is 0 Å². The van der Waals surface area contributed by atoms with Gasteiger partial charge in [0.05, 0.1) is 11.9 Å². The second-order valence-electron chi connectivity index (χ2n) is 6.40. The van der Waals surface area contributed by atoms with Gasteiger partial charge in [0, 0.05) is 14.1 Å². The molecule has 1 N–H and O–H groups in total. The van der Waals surface area contributed by atoms with E-state index in [2.05, 4.69) is 4.99 Å². The van der Waals surface area contributed by atoms with E-state index in [9.17, 15) is 9.90 Å². The molecule has 5 nitrogen and oxygen atoms in total. The fourth-order valence-electron chi connectivity index (χ4n) is 2.64. The zero-order valence-corrected chi connectivity index (χ0v) is 16.1. The summed E-state index contributed by atoms with van der Waals surface area (Å²) in [6, 6.07) is 19.6. The predicted molar refractivity (Wildman–Crippen MR) is 114 cm³/mol. The van der Waals surface area contributed by atoms with Crippen LogP contribution in [0.1, 0.15) is 13.8 Å². The van der Waals surface area contributed by atoms with E-state index >= 15 is 0 Å². The van der Waals surface area contributed by atoms with Crippen molar-refractivity contribution in [1.29, 1.82) is 0 Å². The first-order valence-corrected chi connectivity index (χ1v) is 8.69. The molecule has 2 aromatic rings. The summed E-state index contributed by atoms with van der Waals surface area (Å²) in [6.45, 7) is 2.52. The number of carbonyl (C=O) groups is 1. The zero-order valence-electron chi connectivity index (χ0n) is 16.1. The number of rotatable bonds is 6. The Morgan fingerprint density at radius 3 is 1.81 bits per heavy atom. The van der Waals surface area contributed by atoms with Crippen molar-refractivity contribution >= 4 is 35.7 Å². The Labute approximate surface area is 160 Å². The Kier molecular flexibility index (Phi) is 7.12. The van der Waals surface area contributed by atoms with Crippen LogP contribution in [0, 0.1) is 0 Å². The molecule has 27 heavy (non-hydrogen) atoms. The summed E-state index contributed by atoms with van der Waals surface area (Å²) in [7, 11) is 3.66. The third-order valence-electron chi connectivity index (χ3n) is 3.83. The molecule has 0 unspecified atom stereocenters.